The predicted molar refractivity (Wildman–Crippen MR) is 90.3 cm³/mol. The quantitative estimate of drug-likeness (QED) is 0.787. The van der Waals surface area contributed by atoms with Gasteiger partial charge in [0.05, 0.1) is 10.9 Å². The number of halogens is 1. The number of benzene rings is 1. The third-order valence-electron chi connectivity index (χ3n) is 3.78. The molecule has 3 rings (SSSR count). The number of fused-ring (bicyclic) bond motifs is 1. The van der Waals surface area contributed by atoms with E-state index in [0.29, 0.717) is 31.7 Å². The van der Waals surface area contributed by atoms with Gasteiger partial charge in [-0.05, 0) is 39.0 Å². The van der Waals surface area contributed by atoms with Crippen molar-refractivity contribution < 1.29 is 18.3 Å². The van der Waals surface area contributed by atoms with E-state index in [2.05, 4.69) is 4.98 Å². The number of hydrogen-bond acceptors (Lipinski definition) is 6. The Bertz CT molecular complexity index is 851. The van der Waals surface area contributed by atoms with Crippen LogP contribution >= 0.6 is 0 Å². The summed E-state index contributed by atoms with van der Waals surface area (Å²) in [7, 11) is 0. The maximum Gasteiger partial charge on any atom is 0.410 e. The molecule has 0 atom stereocenters. The summed E-state index contributed by atoms with van der Waals surface area (Å²) >= 11 is 0. The molecule has 1 aromatic carbocycles. The van der Waals surface area contributed by atoms with Crippen molar-refractivity contribution in [3.05, 3.63) is 34.4 Å². The molecule has 1 saturated heterocycles. The smallest absolute Gasteiger partial charge is 0.410 e. The summed E-state index contributed by atoms with van der Waals surface area (Å²) in [6.45, 7) is 7.24. The normalized spacial score (nSPS) is 15.5. The molecular formula is C17H20FN3O4. The Morgan fingerprint density at radius 1 is 1.24 bits per heavy atom. The van der Waals surface area contributed by atoms with E-state index >= 15 is 0 Å². The minimum atomic E-state index is -0.630. The van der Waals surface area contributed by atoms with Gasteiger partial charge in [-0.2, -0.15) is 4.98 Å². The van der Waals surface area contributed by atoms with E-state index < -0.39 is 17.0 Å². The fourth-order valence-corrected chi connectivity index (χ4v) is 2.58. The molecule has 1 fully saturated rings. The summed E-state index contributed by atoms with van der Waals surface area (Å²) in [5.41, 5.74) is -0.799. The van der Waals surface area contributed by atoms with Gasteiger partial charge in [0.2, 0.25) is 0 Å². The molecule has 1 aromatic heterocycles. The molecule has 7 nitrogen and oxygen atoms in total. The minimum Gasteiger partial charge on any atom is -0.444 e. The molecule has 2 heterocycles. The molecule has 0 aliphatic carbocycles. The molecule has 1 aliphatic rings. The summed E-state index contributed by atoms with van der Waals surface area (Å²) in [5.74, 6) is -0.514. The van der Waals surface area contributed by atoms with Crippen molar-refractivity contribution in [3.63, 3.8) is 0 Å². The van der Waals surface area contributed by atoms with Crippen molar-refractivity contribution in [1.29, 1.82) is 0 Å². The van der Waals surface area contributed by atoms with Crippen molar-refractivity contribution in [2.24, 2.45) is 0 Å². The van der Waals surface area contributed by atoms with Gasteiger partial charge in [0, 0.05) is 26.2 Å². The zero-order valence-electron chi connectivity index (χ0n) is 14.4. The molecule has 134 valence electrons. The zero-order chi connectivity index (χ0) is 18.2. The van der Waals surface area contributed by atoms with E-state index in [4.69, 9.17) is 9.15 Å². The van der Waals surface area contributed by atoms with E-state index in [9.17, 15) is 14.0 Å². The lowest BCUT2D eigenvalue weighted by molar-refractivity contribution is 0.0238. The van der Waals surface area contributed by atoms with Crippen LogP contribution < -0.4 is 10.5 Å². The van der Waals surface area contributed by atoms with Crippen LogP contribution in [-0.4, -0.2) is 47.8 Å². The molecule has 2 aromatic rings. The van der Waals surface area contributed by atoms with Gasteiger partial charge in [-0.3, -0.25) is 0 Å². The minimum absolute atomic E-state index is 0.108. The predicted octanol–water partition coefficient (Wildman–Crippen LogP) is 2.38. The van der Waals surface area contributed by atoms with Gasteiger partial charge >= 0.3 is 17.7 Å². The van der Waals surface area contributed by atoms with Crippen LogP contribution in [-0.2, 0) is 4.74 Å². The second kappa shape index (κ2) is 6.34. The van der Waals surface area contributed by atoms with Gasteiger partial charge < -0.3 is 19.0 Å². The monoisotopic (exact) mass is 349 g/mol. The van der Waals surface area contributed by atoms with Crippen LogP contribution in [0.1, 0.15) is 20.8 Å². The van der Waals surface area contributed by atoms with Crippen LogP contribution in [0.4, 0.5) is 15.2 Å². The van der Waals surface area contributed by atoms with E-state index in [-0.39, 0.29) is 17.5 Å². The lowest BCUT2D eigenvalue weighted by atomic mass is 10.2. The van der Waals surface area contributed by atoms with Gasteiger partial charge in [0.25, 0.3) is 0 Å². The molecule has 1 amide bonds. The number of amides is 1. The van der Waals surface area contributed by atoms with Crippen molar-refractivity contribution in [1.82, 2.24) is 9.88 Å². The van der Waals surface area contributed by atoms with Crippen molar-refractivity contribution >= 4 is 23.0 Å². The summed E-state index contributed by atoms with van der Waals surface area (Å²) < 4.78 is 23.8. The van der Waals surface area contributed by atoms with E-state index in [1.165, 1.54) is 12.1 Å². The van der Waals surface area contributed by atoms with Gasteiger partial charge in [-0.25, -0.2) is 14.0 Å². The first kappa shape index (κ1) is 17.2. The Balaban J connectivity index is 1.73. The summed E-state index contributed by atoms with van der Waals surface area (Å²) in [4.78, 5) is 31.8. The Labute approximate surface area is 144 Å². The fraction of sp³-hybridized carbons (Fsp3) is 0.471. The molecule has 1 aliphatic heterocycles. The van der Waals surface area contributed by atoms with Crippen molar-refractivity contribution in [2.75, 3.05) is 31.1 Å². The van der Waals surface area contributed by atoms with Crippen LogP contribution in [0.5, 0.6) is 0 Å². The highest BCUT2D eigenvalue weighted by Gasteiger charge is 2.27. The van der Waals surface area contributed by atoms with E-state index in [0.717, 1.165) is 6.07 Å². The number of ether oxygens (including phenoxy) is 1. The number of carbonyl (C=O) groups excluding carboxylic acids is 1. The molecule has 0 spiro atoms. The van der Waals surface area contributed by atoms with Crippen molar-refractivity contribution in [3.8, 4) is 0 Å². The van der Waals surface area contributed by atoms with Crippen LogP contribution in [0.15, 0.2) is 27.4 Å². The molecule has 25 heavy (non-hydrogen) atoms. The molecule has 0 bridgehead atoms. The maximum atomic E-state index is 13.2. The highest BCUT2D eigenvalue weighted by Crippen LogP contribution is 2.18. The third kappa shape index (κ3) is 3.89. The second-order valence-corrected chi connectivity index (χ2v) is 6.90. The molecule has 0 saturated carbocycles. The average molecular weight is 349 g/mol. The van der Waals surface area contributed by atoms with Gasteiger partial charge in [-0.1, -0.05) is 0 Å². The number of anilines is 1. The van der Waals surface area contributed by atoms with Crippen LogP contribution in [0.2, 0.25) is 0 Å². The second-order valence-electron chi connectivity index (χ2n) is 6.90. The highest BCUT2D eigenvalue weighted by atomic mass is 19.1. The third-order valence-corrected chi connectivity index (χ3v) is 3.78. The SMILES string of the molecule is CC(C)(C)OC(=O)N1CCN(c2nc3ccc(F)cc3c(=O)o2)CC1. The summed E-state index contributed by atoms with van der Waals surface area (Å²) in [6, 6.07) is 3.98. The molecule has 8 heteroatoms. The largest absolute Gasteiger partial charge is 0.444 e. The van der Waals surface area contributed by atoms with Crippen LogP contribution in [0.3, 0.4) is 0 Å². The zero-order valence-corrected chi connectivity index (χ0v) is 14.4. The maximum absolute atomic E-state index is 13.2. The lowest BCUT2D eigenvalue weighted by Crippen LogP contribution is -2.50. The molecular weight excluding hydrogens is 329 g/mol. The molecule has 0 N–H and O–H groups in total. The number of aromatic nitrogens is 1. The van der Waals surface area contributed by atoms with E-state index in [1.807, 2.05) is 20.8 Å². The van der Waals surface area contributed by atoms with E-state index in [1.54, 1.807) is 9.80 Å². The van der Waals surface area contributed by atoms with Crippen LogP contribution in [0, 0.1) is 5.82 Å². The van der Waals surface area contributed by atoms with Gasteiger partial charge in [0.1, 0.15) is 11.4 Å². The Hall–Kier alpha value is -2.64. The number of hydrogen-bond donors (Lipinski definition) is 0. The summed E-state index contributed by atoms with van der Waals surface area (Å²) in [6.07, 6.45) is -0.365. The van der Waals surface area contributed by atoms with Crippen LogP contribution in [0.25, 0.3) is 10.9 Å². The number of rotatable bonds is 1. The molecule has 0 unspecified atom stereocenters. The first-order valence-electron chi connectivity index (χ1n) is 8.06. The summed E-state index contributed by atoms with van der Waals surface area (Å²) in [5, 5.41) is 0.108. The Morgan fingerprint density at radius 2 is 1.92 bits per heavy atom. The number of piperazine rings is 1. The first-order valence-corrected chi connectivity index (χ1v) is 8.06. The fourth-order valence-electron chi connectivity index (χ4n) is 2.58. The molecule has 0 radical (unpaired) electrons. The number of nitrogens with zero attached hydrogens (tertiary/aromatic N) is 3. The topological polar surface area (TPSA) is 75.9 Å². The van der Waals surface area contributed by atoms with Crippen molar-refractivity contribution in [2.45, 2.75) is 26.4 Å². The van der Waals surface area contributed by atoms with Gasteiger partial charge in [-0.15, -0.1) is 0 Å². The van der Waals surface area contributed by atoms with Gasteiger partial charge in [0.15, 0.2) is 0 Å². The number of carbonyl (C=O) groups is 1. The Kier molecular flexibility index (Phi) is 4.36. The highest BCUT2D eigenvalue weighted by molar-refractivity contribution is 5.77. The standard InChI is InChI=1S/C17H20FN3O4/c1-17(2,3)25-16(23)21-8-6-20(7-9-21)15-19-13-5-4-11(18)10-12(13)14(22)24-15/h4-5,10H,6-9H2,1-3H3. The first-order chi connectivity index (χ1) is 11.7. The Morgan fingerprint density at radius 3 is 2.56 bits per heavy atom. The average Bonchev–Trinajstić information content (AvgIpc) is 2.54. The lowest BCUT2D eigenvalue weighted by Gasteiger charge is -2.35.